The standard InChI is InChI=1S/C31H30N4O9/c1-33(2)20-13-15(8-5-14-6-9-17(10-7-14)35(43)44)25(36)22-18(20)11-16-12-19-24(34(3)4)27(38)23(30(32)41)29(40)31(19,42)28(39)21(16)26(22)37/h6-7,9-10,13,16,19,24,36-37,40,42H,11-12H2,1-4H3,(H2,32,41)/t16-,19-,24+,31-/m0/s1. The van der Waals surface area contributed by atoms with Crippen molar-refractivity contribution in [1.29, 1.82) is 0 Å². The summed E-state index contributed by atoms with van der Waals surface area (Å²) in [5, 5.41) is 56.7. The van der Waals surface area contributed by atoms with Crippen LogP contribution in [0, 0.1) is 33.8 Å². The Morgan fingerprint density at radius 2 is 1.73 bits per heavy atom. The Hall–Kier alpha value is -5.19. The monoisotopic (exact) mass is 602 g/mol. The first kappa shape index (κ1) is 30.3. The highest BCUT2D eigenvalue weighted by molar-refractivity contribution is 6.24. The number of fused-ring (bicyclic) bond motifs is 3. The quantitative estimate of drug-likeness (QED) is 0.146. The van der Waals surface area contributed by atoms with Gasteiger partial charge in [-0.3, -0.25) is 29.4 Å². The van der Waals surface area contributed by atoms with Gasteiger partial charge < -0.3 is 31.1 Å². The number of anilines is 1. The predicted molar refractivity (Wildman–Crippen MR) is 158 cm³/mol. The highest BCUT2D eigenvalue weighted by atomic mass is 16.6. The van der Waals surface area contributed by atoms with Crippen molar-refractivity contribution in [2.45, 2.75) is 24.5 Å². The topological polar surface area (TPSA) is 208 Å². The minimum atomic E-state index is -2.74. The number of hydrogen-bond donors (Lipinski definition) is 5. The fourth-order valence-electron chi connectivity index (χ4n) is 6.59. The smallest absolute Gasteiger partial charge is 0.269 e. The number of nitrogens with two attached hydrogens (primary N) is 1. The molecule has 0 heterocycles. The zero-order valence-electron chi connectivity index (χ0n) is 24.3. The molecule has 3 aliphatic carbocycles. The summed E-state index contributed by atoms with van der Waals surface area (Å²) in [5.74, 6) is -1.69. The molecule has 0 saturated heterocycles. The molecule has 0 aromatic heterocycles. The van der Waals surface area contributed by atoms with E-state index in [4.69, 9.17) is 5.73 Å². The van der Waals surface area contributed by atoms with E-state index in [0.29, 0.717) is 16.8 Å². The largest absolute Gasteiger partial charge is 0.508 e. The van der Waals surface area contributed by atoms with Gasteiger partial charge in [-0.05, 0) is 56.6 Å². The summed E-state index contributed by atoms with van der Waals surface area (Å²) in [6.45, 7) is 0. The average Bonchev–Trinajstić information content (AvgIpc) is 2.94. The number of primary amides is 1. The highest BCUT2D eigenvalue weighted by Crippen LogP contribution is 2.54. The minimum Gasteiger partial charge on any atom is -0.508 e. The molecular weight excluding hydrogens is 572 g/mol. The van der Waals surface area contributed by atoms with Crippen LogP contribution in [0.4, 0.5) is 11.4 Å². The van der Waals surface area contributed by atoms with Crippen LogP contribution in [-0.4, -0.2) is 87.6 Å². The number of amides is 1. The van der Waals surface area contributed by atoms with E-state index in [2.05, 4.69) is 11.8 Å². The van der Waals surface area contributed by atoms with Crippen LogP contribution in [0.25, 0.3) is 5.76 Å². The first-order valence-corrected chi connectivity index (χ1v) is 13.6. The molecule has 44 heavy (non-hydrogen) atoms. The molecule has 6 N–H and O–H groups in total. The van der Waals surface area contributed by atoms with Crippen molar-refractivity contribution in [3.05, 3.63) is 79.6 Å². The number of rotatable bonds is 4. The summed E-state index contributed by atoms with van der Waals surface area (Å²) in [6.07, 6.45) is 0.104. The van der Waals surface area contributed by atoms with Crippen molar-refractivity contribution in [2.75, 3.05) is 33.1 Å². The van der Waals surface area contributed by atoms with E-state index in [-0.39, 0.29) is 35.2 Å². The van der Waals surface area contributed by atoms with E-state index in [1.807, 2.05) is 0 Å². The molecule has 0 unspecified atom stereocenters. The van der Waals surface area contributed by atoms with Crippen LogP contribution in [0.3, 0.4) is 0 Å². The second-order valence-corrected chi connectivity index (χ2v) is 11.6. The first-order chi connectivity index (χ1) is 20.6. The molecule has 0 spiro atoms. The first-order valence-electron chi connectivity index (χ1n) is 13.6. The number of phenols is 1. The number of phenolic OH excluding ortho intramolecular Hbond substituents is 1. The van der Waals surface area contributed by atoms with E-state index in [1.165, 1.54) is 43.3 Å². The second kappa shape index (κ2) is 10.5. The second-order valence-electron chi connectivity index (χ2n) is 11.6. The van der Waals surface area contributed by atoms with Crippen LogP contribution < -0.4 is 10.6 Å². The maximum absolute atomic E-state index is 14.1. The number of aromatic hydroxyl groups is 1. The number of benzene rings is 2. The molecule has 4 atom stereocenters. The lowest BCUT2D eigenvalue weighted by atomic mass is 9.57. The van der Waals surface area contributed by atoms with E-state index < -0.39 is 68.7 Å². The van der Waals surface area contributed by atoms with Crippen LogP contribution in [0.1, 0.15) is 28.7 Å². The number of aliphatic hydroxyl groups excluding tert-OH is 2. The Labute approximate surface area is 251 Å². The van der Waals surface area contributed by atoms with E-state index in [9.17, 15) is 44.9 Å². The SMILES string of the molecule is CN(C)c1cc(C#Cc2ccc([N+](=O)[O-])cc2)c(O)c2c1C[C@H]1C[C@H]3[C@@H](N(C)C)C(=O)C(C(N)=O)=C(O)[C@@]3(O)C(=O)C1=C2O. The summed E-state index contributed by atoms with van der Waals surface area (Å²) < 4.78 is 0. The van der Waals surface area contributed by atoms with Crippen molar-refractivity contribution in [3.8, 4) is 17.6 Å². The molecule has 13 nitrogen and oxygen atoms in total. The average molecular weight is 603 g/mol. The molecule has 0 radical (unpaired) electrons. The maximum atomic E-state index is 14.1. The van der Waals surface area contributed by atoms with Gasteiger partial charge in [0.15, 0.2) is 11.4 Å². The maximum Gasteiger partial charge on any atom is 0.269 e. The van der Waals surface area contributed by atoms with Gasteiger partial charge >= 0.3 is 0 Å². The van der Waals surface area contributed by atoms with Gasteiger partial charge in [-0.2, -0.15) is 0 Å². The lowest BCUT2D eigenvalue weighted by Crippen LogP contribution is -2.65. The number of likely N-dealkylation sites (N-methyl/N-ethyl adjacent to an activating group) is 1. The summed E-state index contributed by atoms with van der Waals surface area (Å²) >= 11 is 0. The fraction of sp³-hybridized carbons (Fsp3) is 0.323. The number of non-ortho nitro benzene ring substituents is 1. The normalized spacial score (nSPS) is 24.3. The highest BCUT2D eigenvalue weighted by Gasteiger charge is 2.64. The van der Waals surface area contributed by atoms with Crippen molar-refractivity contribution in [3.63, 3.8) is 0 Å². The van der Waals surface area contributed by atoms with Crippen LogP contribution in [0.5, 0.6) is 5.75 Å². The van der Waals surface area contributed by atoms with Crippen LogP contribution in [0.2, 0.25) is 0 Å². The van der Waals surface area contributed by atoms with E-state index >= 15 is 0 Å². The number of nitro groups is 1. The molecule has 2 aromatic carbocycles. The lowest BCUT2D eigenvalue weighted by molar-refractivity contribution is -0.384. The number of carbonyl (C=O) groups excluding carboxylic acids is 3. The Kier molecular flexibility index (Phi) is 7.23. The van der Waals surface area contributed by atoms with Crippen molar-refractivity contribution in [2.24, 2.45) is 17.6 Å². The number of nitro benzene ring substituents is 1. The van der Waals surface area contributed by atoms with Crippen molar-refractivity contribution >= 4 is 34.6 Å². The Morgan fingerprint density at radius 3 is 2.27 bits per heavy atom. The molecule has 1 amide bonds. The van der Waals surface area contributed by atoms with Crippen molar-refractivity contribution < 1.29 is 39.7 Å². The van der Waals surface area contributed by atoms with Gasteiger partial charge in [0.25, 0.3) is 11.6 Å². The molecule has 0 aliphatic heterocycles. The minimum absolute atomic E-state index is 0.0267. The number of carbonyl (C=O) groups is 3. The zero-order valence-corrected chi connectivity index (χ0v) is 24.3. The van der Waals surface area contributed by atoms with Gasteiger partial charge in [0, 0.05) is 49.0 Å². The molecule has 2 aromatic rings. The molecule has 5 rings (SSSR count). The molecule has 3 aliphatic rings. The van der Waals surface area contributed by atoms with Crippen molar-refractivity contribution in [1.82, 2.24) is 4.90 Å². The van der Waals surface area contributed by atoms with E-state index in [1.54, 1.807) is 25.1 Å². The van der Waals surface area contributed by atoms with Gasteiger partial charge in [0.05, 0.1) is 22.1 Å². The predicted octanol–water partition coefficient (Wildman–Crippen LogP) is 1.34. The van der Waals surface area contributed by atoms with Gasteiger partial charge in [-0.15, -0.1) is 0 Å². The third kappa shape index (κ3) is 4.38. The van der Waals surface area contributed by atoms with Gasteiger partial charge in [-0.25, -0.2) is 0 Å². The summed E-state index contributed by atoms with van der Waals surface area (Å²) in [6, 6.07) is 5.92. The van der Waals surface area contributed by atoms with Gasteiger partial charge in [0.2, 0.25) is 5.78 Å². The Morgan fingerprint density at radius 1 is 1.09 bits per heavy atom. The third-order valence-electron chi connectivity index (χ3n) is 8.60. The van der Waals surface area contributed by atoms with Crippen LogP contribution >= 0.6 is 0 Å². The molecule has 0 bridgehead atoms. The molecule has 13 heteroatoms. The van der Waals surface area contributed by atoms with Crippen LogP contribution in [-0.2, 0) is 20.8 Å². The van der Waals surface area contributed by atoms with Crippen LogP contribution in [0.15, 0.2) is 47.2 Å². The number of hydrogen-bond acceptors (Lipinski definition) is 11. The number of nitrogens with zero attached hydrogens (tertiary/aromatic N) is 3. The summed E-state index contributed by atoms with van der Waals surface area (Å²) in [4.78, 5) is 53.1. The summed E-state index contributed by atoms with van der Waals surface area (Å²) in [7, 11) is 6.57. The Balaban J connectivity index is 1.69. The fourth-order valence-corrected chi connectivity index (χ4v) is 6.59. The third-order valence-corrected chi connectivity index (χ3v) is 8.60. The number of Topliss-reactive ketones (excluding diaryl/α,β-unsaturated/α-hetero) is 2. The lowest BCUT2D eigenvalue weighted by Gasteiger charge is -2.50. The molecular formula is C31H30N4O9. The molecule has 228 valence electrons. The Bertz CT molecular complexity index is 1780. The molecule has 1 fully saturated rings. The molecule has 1 saturated carbocycles. The zero-order chi connectivity index (χ0) is 32.4. The number of ketones is 2. The summed E-state index contributed by atoms with van der Waals surface area (Å²) in [5.41, 5.74) is 2.88. The van der Waals surface area contributed by atoms with E-state index in [0.717, 1.165) is 0 Å². The van der Waals surface area contributed by atoms with Gasteiger partial charge in [-0.1, -0.05) is 11.8 Å². The number of aliphatic hydroxyl groups is 3. The van der Waals surface area contributed by atoms with Gasteiger partial charge in [0.1, 0.15) is 22.8 Å².